The van der Waals surface area contributed by atoms with Crippen LogP contribution < -0.4 is 9.47 Å². The van der Waals surface area contributed by atoms with Gasteiger partial charge < -0.3 is 9.47 Å². The molecule has 0 aromatic heterocycles. The van der Waals surface area contributed by atoms with E-state index in [0.29, 0.717) is 11.5 Å². The average Bonchev–Trinajstić information content (AvgIpc) is 3.27. The Bertz CT molecular complexity index is 740. The summed E-state index contributed by atoms with van der Waals surface area (Å²) in [6.45, 7) is 0. The van der Waals surface area contributed by atoms with E-state index in [9.17, 15) is 9.59 Å². The molecular formula is C18H18N2O4. The largest absolute Gasteiger partial charge is 0.493 e. The quantitative estimate of drug-likeness (QED) is 0.481. The standard InChI is InChI=1S/C18H18N2O4/c1-23-13-6-3-10(7-14(13)24-2)9-19-20-17(21)15-11-4-5-12(8-11)16(15)18(20)22/h3-7,9,11-12,15-16H,8H2,1-2H3/b19-9-/t11-,12-,15-,16-/m0/s1. The van der Waals surface area contributed by atoms with Gasteiger partial charge in [0.1, 0.15) is 0 Å². The molecule has 4 atom stereocenters. The number of fused-ring (bicyclic) bond motifs is 5. The fraction of sp³-hybridized carbons (Fsp3) is 0.389. The second kappa shape index (κ2) is 5.47. The molecule has 2 aliphatic carbocycles. The third kappa shape index (κ3) is 2.06. The van der Waals surface area contributed by atoms with Crippen LogP contribution in [0.1, 0.15) is 12.0 Å². The Labute approximate surface area is 139 Å². The predicted molar refractivity (Wildman–Crippen MR) is 86.7 cm³/mol. The fourth-order valence-corrected chi connectivity index (χ4v) is 4.06. The van der Waals surface area contributed by atoms with Gasteiger partial charge in [0.2, 0.25) is 0 Å². The van der Waals surface area contributed by atoms with Crippen LogP contribution >= 0.6 is 0 Å². The Kier molecular flexibility index (Phi) is 3.40. The van der Waals surface area contributed by atoms with Crippen molar-refractivity contribution in [3.05, 3.63) is 35.9 Å². The number of imide groups is 1. The third-order valence-corrected chi connectivity index (χ3v) is 5.18. The van der Waals surface area contributed by atoms with Crippen LogP contribution in [0.15, 0.2) is 35.5 Å². The van der Waals surface area contributed by atoms with Crippen LogP contribution in [-0.2, 0) is 9.59 Å². The van der Waals surface area contributed by atoms with Crippen LogP contribution in [0.3, 0.4) is 0 Å². The van der Waals surface area contributed by atoms with E-state index >= 15 is 0 Å². The molecule has 6 nitrogen and oxygen atoms in total. The van der Waals surface area contributed by atoms with E-state index in [2.05, 4.69) is 17.3 Å². The van der Waals surface area contributed by atoms with Crippen molar-refractivity contribution in [1.29, 1.82) is 0 Å². The number of carbonyl (C=O) groups is 2. The number of amides is 2. The fourth-order valence-electron chi connectivity index (χ4n) is 4.06. The van der Waals surface area contributed by atoms with Crippen molar-refractivity contribution in [3.8, 4) is 11.5 Å². The molecule has 1 aromatic carbocycles. The number of benzene rings is 1. The molecule has 0 radical (unpaired) electrons. The van der Waals surface area contributed by atoms with Gasteiger partial charge in [-0.2, -0.15) is 10.1 Å². The molecule has 0 unspecified atom stereocenters. The molecule has 3 aliphatic rings. The molecule has 1 saturated carbocycles. The zero-order valence-electron chi connectivity index (χ0n) is 13.5. The van der Waals surface area contributed by atoms with Gasteiger partial charge in [0.15, 0.2) is 11.5 Å². The summed E-state index contributed by atoms with van der Waals surface area (Å²) in [4.78, 5) is 25.1. The van der Waals surface area contributed by atoms with Gasteiger partial charge in [0.05, 0.1) is 32.3 Å². The molecule has 1 heterocycles. The molecule has 24 heavy (non-hydrogen) atoms. The molecule has 2 bridgehead atoms. The summed E-state index contributed by atoms with van der Waals surface area (Å²) < 4.78 is 10.4. The number of allylic oxidation sites excluding steroid dienone is 2. The number of ether oxygens (including phenoxy) is 2. The lowest BCUT2D eigenvalue weighted by atomic mass is 9.85. The number of methoxy groups -OCH3 is 2. The highest BCUT2D eigenvalue weighted by molar-refractivity contribution is 6.06. The maximum absolute atomic E-state index is 12.5. The summed E-state index contributed by atoms with van der Waals surface area (Å²) >= 11 is 0. The van der Waals surface area contributed by atoms with Gasteiger partial charge in [-0.05, 0) is 42.0 Å². The normalized spacial score (nSPS) is 30.5. The van der Waals surface area contributed by atoms with Gasteiger partial charge in [0.25, 0.3) is 11.8 Å². The third-order valence-electron chi connectivity index (χ3n) is 5.18. The first kappa shape index (κ1) is 14.9. The first-order valence-electron chi connectivity index (χ1n) is 7.96. The van der Waals surface area contributed by atoms with Crippen LogP contribution in [0.25, 0.3) is 0 Å². The smallest absolute Gasteiger partial charge is 0.254 e. The van der Waals surface area contributed by atoms with Gasteiger partial charge in [-0.3, -0.25) is 9.59 Å². The molecule has 1 aromatic rings. The van der Waals surface area contributed by atoms with Crippen LogP contribution in [0.2, 0.25) is 0 Å². The van der Waals surface area contributed by atoms with E-state index in [-0.39, 0.29) is 35.5 Å². The highest BCUT2D eigenvalue weighted by Crippen LogP contribution is 2.52. The Morgan fingerprint density at radius 3 is 2.25 bits per heavy atom. The SMILES string of the molecule is COc1ccc(/C=N\N2C(=O)[C@@H]3[C@@H](C2=O)[C@H]2C=C[C@H]3C2)cc1OC. The molecule has 2 amide bonds. The molecule has 0 N–H and O–H groups in total. The number of hydrogen-bond acceptors (Lipinski definition) is 5. The summed E-state index contributed by atoms with van der Waals surface area (Å²) in [5.41, 5.74) is 0.728. The average molecular weight is 326 g/mol. The summed E-state index contributed by atoms with van der Waals surface area (Å²) in [6, 6.07) is 5.30. The lowest BCUT2D eigenvalue weighted by Gasteiger charge is -2.13. The highest BCUT2D eigenvalue weighted by Gasteiger charge is 2.59. The molecule has 0 spiro atoms. The van der Waals surface area contributed by atoms with Crippen molar-refractivity contribution < 1.29 is 19.1 Å². The summed E-state index contributed by atoms with van der Waals surface area (Å²) in [5.74, 6) is 0.748. The van der Waals surface area contributed by atoms with Crippen LogP contribution in [0, 0.1) is 23.7 Å². The second-order valence-electron chi connectivity index (χ2n) is 6.35. The van der Waals surface area contributed by atoms with Crippen molar-refractivity contribution in [3.63, 3.8) is 0 Å². The number of hydrogen-bond donors (Lipinski definition) is 0. The first-order valence-corrected chi connectivity index (χ1v) is 7.96. The van der Waals surface area contributed by atoms with E-state index in [1.807, 2.05) is 0 Å². The Hall–Kier alpha value is -2.63. The van der Waals surface area contributed by atoms with E-state index < -0.39 is 0 Å². The first-order chi connectivity index (χ1) is 11.6. The van der Waals surface area contributed by atoms with E-state index in [1.165, 1.54) is 6.21 Å². The molecule has 2 fully saturated rings. The van der Waals surface area contributed by atoms with Crippen molar-refractivity contribution in [2.24, 2.45) is 28.8 Å². The maximum atomic E-state index is 12.5. The molecule has 1 saturated heterocycles. The predicted octanol–water partition coefficient (Wildman–Crippen LogP) is 1.84. The minimum atomic E-state index is -0.227. The highest BCUT2D eigenvalue weighted by atomic mass is 16.5. The van der Waals surface area contributed by atoms with Gasteiger partial charge in [-0.25, -0.2) is 0 Å². The van der Waals surface area contributed by atoms with Crippen LogP contribution in [0.4, 0.5) is 0 Å². The van der Waals surface area contributed by atoms with Gasteiger partial charge in [-0.15, -0.1) is 0 Å². The lowest BCUT2D eigenvalue weighted by Crippen LogP contribution is -2.28. The second-order valence-corrected chi connectivity index (χ2v) is 6.35. The minimum Gasteiger partial charge on any atom is -0.493 e. The van der Waals surface area contributed by atoms with E-state index in [4.69, 9.17) is 9.47 Å². The Morgan fingerprint density at radius 1 is 1.04 bits per heavy atom. The molecule has 6 heteroatoms. The number of carbonyl (C=O) groups excluding carboxylic acids is 2. The van der Waals surface area contributed by atoms with Crippen LogP contribution in [-0.4, -0.2) is 37.3 Å². The topological polar surface area (TPSA) is 68.2 Å². The van der Waals surface area contributed by atoms with Gasteiger partial charge >= 0.3 is 0 Å². The molecule has 4 rings (SSSR count). The van der Waals surface area contributed by atoms with Gasteiger partial charge in [0, 0.05) is 0 Å². The van der Waals surface area contributed by atoms with Crippen LogP contribution in [0.5, 0.6) is 11.5 Å². The van der Waals surface area contributed by atoms with Crippen molar-refractivity contribution in [2.45, 2.75) is 6.42 Å². The van der Waals surface area contributed by atoms with Crippen molar-refractivity contribution in [2.75, 3.05) is 14.2 Å². The zero-order chi connectivity index (χ0) is 16.8. The van der Waals surface area contributed by atoms with Crippen molar-refractivity contribution >= 4 is 18.0 Å². The van der Waals surface area contributed by atoms with E-state index in [0.717, 1.165) is 17.0 Å². The molecule has 1 aliphatic heterocycles. The monoisotopic (exact) mass is 326 g/mol. The summed E-state index contributed by atoms with van der Waals surface area (Å²) in [6.07, 6.45) is 6.56. The molecule has 124 valence electrons. The number of nitrogens with zero attached hydrogens (tertiary/aromatic N) is 2. The zero-order valence-corrected chi connectivity index (χ0v) is 13.5. The maximum Gasteiger partial charge on any atom is 0.254 e. The van der Waals surface area contributed by atoms with Crippen molar-refractivity contribution in [1.82, 2.24) is 5.01 Å². The Morgan fingerprint density at radius 2 is 1.67 bits per heavy atom. The number of rotatable bonds is 4. The molecular weight excluding hydrogens is 308 g/mol. The minimum absolute atomic E-state index is 0.182. The number of hydrazone groups is 1. The van der Waals surface area contributed by atoms with E-state index in [1.54, 1.807) is 32.4 Å². The Balaban J connectivity index is 1.57. The summed E-state index contributed by atoms with van der Waals surface area (Å²) in [5, 5.41) is 5.19. The summed E-state index contributed by atoms with van der Waals surface area (Å²) in [7, 11) is 3.12. The lowest BCUT2D eigenvalue weighted by molar-refractivity contribution is -0.140. The van der Waals surface area contributed by atoms with Gasteiger partial charge in [-0.1, -0.05) is 12.2 Å².